The van der Waals surface area contributed by atoms with Gasteiger partial charge in [-0.25, -0.2) is 0 Å². The average Bonchev–Trinajstić information content (AvgIpc) is 3.10. The average molecular weight is 420 g/mol. The zero-order valence-corrected chi connectivity index (χ0v) is 19.2. The summed E-state index contributed by atoms with van der Waals surface area (Å²) >= 11 is 0. The minimum Gasteiger partial charge on any atom is -0.393 e. The molecule has 0 amide bonds. The van der Waals surface area contributed by atoms with E-state index >= 15 is 0 Å². The molecule has 0 aromatic rings. The number of rotatable bonds is 6. The van der Waals surface area contributed by atoms with Gasteiger partial charge < -0.3 is 15.3 Å². The second kappa shape index (κ2) is 9.30. The summed E-state index contributed by atoms with van der Waals surface area (Å²) in [7, 11) is 0. The summed E-state index contributed by atoms with van der Waals surface area (Å²) in [5, 5.41) is 30.3. The SMILES string of the molecule is [2H]C([2H])([2H])[C@]12CCC/C(=C\C=C3\C[C@H](O)C[C@H](O)C3=C)[C@@H]1CC[C@@H]2[C@H](C)CCCC(C)(C)O. The van der Waals surface area contributed by atoms with Gasteiger partial charge in [0.05, 0.1) is 17.8 Å². The molecule has 3 rings (SSSR count). The predicted octanol–water partition coefficient (Wildman–Crippen LogP) is 5.70. The second-order valence-electron chi connectivity index (χ2n) is 10.9. The Balaban J connectivity index is 1.85. The van der Waals surface area contributed by atoms with Crippen LogP contribution in [0.5, 0.6) is 0 Å². The van der Waals surface area contributed by atoms with Crippen LogP contribution in [0.25, 0.3) is 0 Å². The Hall–Kier alpha value is -0.900. The van der Waals surface area contributed by atoms with Gasteiger partial charge in [-0.3, -0.25) is 0 Å². The normalized spacial score (nSPS) is 40.7. The molecule has 3 aliphatic carbocycles. The lowest BCUT2D eigenvalue weighted by molar-refractivity contribution is 0.0596. The maximum absolute atomic E-state index is 10.2. The third-order valence-corrected chi connectivity index (χ3v) is 7.95. The van der Waals surface area contributed by atoms with Crippen LogP contribution in [0.4, 0.5) is 0 Å². The molecule has 0 radical (unpaired) electrons. The minimum atomic E-state index is -2.02. The first kappa shape index (κ1) is 19.8. The molecular weight excluding hydrogens is 372 g/mol. The highest BCUT2D eigenvalue weighted by Gasteiger charge is 2.50. The molecule has 3 heteroatoms. The van der Waals surface area contributed by atoms with Gasteiger partial charge in [-0.05, 0) is 93.1 Å². The lowest BCUT2D eigenvalue weighted by Crippen LogP contribution is -2.36. The van der Waals surface area contributed by atoms with Gasteiger partial charge in [0.15, 0.2) is 0 Å². The van der Waals surface area contributed by atoms with Crippen molar-refractivity contribution in [2.75, 3.05) is 0 Å². The molecule has 170 valence electrons. The van der Waals surface area contributed by atoms with E-state index in [2.05, 4.69) is 19.6 Å². The van der Waals surface area contributed by atoms with Crippen molar-refractivity contribution >= 4 is 0 Å². The first-order valence-corrected chi connectivity index (χ1v) is 11.9. The monoisotopic (exact) mass is 419 g/mol. The molecule has 30 heavy (non-hydrogen) atoms. The number of hydrogen-bond donors (Lipinski definition) is 3. The fraction of sp³-hybridized carbons (Fsp3) is 0.778. The van der Waals surface area contributed by atoms with Crippen molar-refractivity contribution in [1.29, 1.82) is 0 Å². The van der Waals surface area contributed by atoms with Crippen molar-refractivity contribution in [2.45, 2.75) is 110 Å². The van der Waals surface area contributed by atoms with Gasteiger partial charge in [-0.15, -0.1) is 0 Å². The Bertz CT molecular complexity index is 776. The Kier molecular flexibility index (Phi) is 6.13. The molecule has 0 aliphatic heterocycles. The smallest absolute Gasteiger partial charge is 0.0811 e. The van der Waals surface area contributed by atoms with Crippen molar-refractivity contribution in [1.82, 2.24) is 0 Å². The molecule has 0 saturated heterocycles. The van der Waals surface area contributed by atoms with Gasteiger partial charge >= 0.3 is 0 Å². The molecule has 3 saturated carbocycles. The van der Waals surface area contributed by atoms with Crippen molar-refractivity contribution in [3.8, 4) is 0 Å². The maximum atomic E-state index is 10.2. The largest absolute Gasteiger partial charge is 0.393 e. The summed E-state index contributed by atoms with van der Waals surface area (Å²) in [4.78, 5) is 0. The first-order valence-electron chi connectivity index (χ1n) is 13.4. The first-order chi connectivity index (χ1) is 15.3. The van der Waals surface area contributed by atoms with Crippen molar-refractivity contribution < 1.29 is 19.4 Å². The van der Waals surface area contributed by atoms with Crippen LogP contribution in [-0.2, 0) is 0 Å². The molecule has 0 aromatic heterocycles. The van der Waals surface area contributed by atoms with E-state index in [1.54, 1.807) is 0 Å². The van der Waals surface area contributed by atoms with Gasteiger partial charge in [0.1, 0.15) is 0 Å². The van der Waals surface area contributed by atoms with Crippen molar-refractivity contribution in [2.24, 2.45) is 23.2 Å². The third kappa shape index (κ3) is 5.29. The number of aliphatic hydroxyl groups is 3. The van der Waals surface area contributed by atoms with Crippen LogP contribution >= 0.6 is 0 Å². The Morgan fingerprint density at radius 3 is 2.77 bits per heavy atom. The molecule has 6 atom stereocenters. The topological polar surface area (TPSA) is 60.7 Å². The second-order valence-corrected chi connectivity index (χ2v) is 10.9. The van der Waals surface area contributed by atoms with Crippen LogP contribution in [0.2, 0.25) is 0 Å². The Labute approximate surface area is 188 Å². The van der Waals surface area contributed by atoms with Crippen LogP contribution < -0.4 is 0 Å². The number of aliphatic hydroxyl groups excluding tert-OH is 2. The van der Waals surface area contributed by atoms with Crippen molar-refractivity contribution in [3.63, 3.8) is 0 Å². The van der Waals surface area contributed by atoms with E-state index in [0.29, 0.717) is 24.3 Å². The number of fused-ring (bicyclic) bond motifs is 1. The number of allylic oxidation sites excluding steroid dienone is 3. The van der Waals surface area contributed by atoms with E-state index in [9.17, 15) is 15.3 Å². The highest BCUT2D eigenvalue weighted by molar-refractivity contribution is 5.38. The summed E-state index contributed by atoms with van der Waals surface area (Å²) < 4.78 is 25.9. The minimum absolute atomic E-state index is 0.0454. The van der Waals surface area contributed by atoms with E-state index in [-0.39, 0.29) is 11.8 Å². The fourth-order valence-electron chi connectivity index (χ4n) is 6.27. The molecule has 0 bridgehead atoms. The highest BCUT2D eigenvalue weighted by atomic mass is 16.3. The van der Waals surface area contributed by atoms with E-state index in [4.69, 9.17) is 4.11 Å². The van der Waals surface area contributed by atoms with Crippen LogP contribution in [-0.4, -0.2) is 33.1 Å². The molecule has 3 nitrogen and oxygen atoms in total. The van der Waals surface area contributed by atoms with E-state index in [1.807, 2.05) is 19.9 Å². The van der Waals surface area contributed by atoms with Crippen LogP contribution in [0.1, 0.15) is 95.9 Å². The summed E-state index contributed by atoms with van der Waals surface area (Å²) in [5.74, 6) is 0.504. The molecule has 3 aliphatic rings. The van der Waals surface area contributed by atoms with Crippen LogP contribution in [0, 0.1) is 23.2 Å². The van der Waals surface area contributed by atoms with Gasteiger partial charge in [-0.2, -0.15) is 0 Å². The molecule has 3 fully saturated rings. The van der Waals surface area contributed by atoms with Gasteiger partial charge in [0.25, 0.3) is 0 Å². The third-order valence-electron chi connectivity index (χ3n) is 7.95. The highest BCUT2D eigenvalue weighted by Crippen LogP contribution is 2.60. The molecule has 3 N–H and O–H groups in total. The van der Waals surface area contributed by atoms with Crippen LogP contribution in [0.15, 0.2) is 35.5 Å². The Morgan fingerprint density at radius 1 is 1.30 bits per heavy atom. The standard InChI is InChI=1S/C27H44O3/c1-18(8-6-14-26(3,4)30)23-12-13-24-20(9-7-15-27(23,24)5)10-11-21-16-22(28)17-25(29)19(21)2/h10-11,18,22-25,28-30H,2,6-9,12-17H2,1,3-5H3/b20-10+,21-11-/t18-,22+,23-,24+,25+,27-/m1/s1/i5D3. The van der Waals surface area contributed by atoms with Gasteiger partial charge in [0, 0.05) is 10.5 Å². The Morgan fingerprint density at radius 2 is 2.07 bits per heavy atom. The molecule has 0 aromatic carbocycles. The number of hydrogen-bond acceptors (Lipinski definition) is 3. The fourth-order valence-corrected chi connectivity index (χ4v) is 6.27. The zero-order valence-electron chi connectivity index (χ0n) is 22.2. The molecule has 0 spiro atoms. The molecule has 0 unspecified atom stereocenters. The van der Waals surface area contributed by atoms with Crippen molar-refractivity contribution in [3.05, 3.63) is 35.5 Å². The van der Waals surface area contributed by atoms with E-state index in [0.717, 1.165) is 56.9 Å². The maximum Gasteiger partial charge on any atom is 0.0811 e. The van der Waals surface area contributed by atoms with E-state index in [1.165, 1.54) is 5.57 Å². The quantitative estimate of drug-likeness (QED) is 0.517. The molecule has 0 heterocycles. The summed E-state index contributed by atoms with van der Waals surface area (Å²) in [6.07, 6.45) is 10.5. The van der Waals surface area contributed by atoms with E-state index < -0.39 is 30.1 Å². The van der Waals surface area contributed by atoms with Gasteiger partial charge in [-0.1, -0.05) is 50.9 Å². The molecular formula is C27H44O3. The summed E-state index contributed by atoms with van der Waals surface area (Å²) in [6.45, 7) is 7.86. The van der Waals surface area contributed by atoms with Gasteiger partial charge in [0.2, 0.25) is 0 Å². The summed E-state index contributed by atoms with van der Waals surface area (Å²) in [5.41, 5.74) is 1.37. The summed E-state index contributed by atoms with van der Waals surface area (Å²) in [6, 6.07) is 0. The lowest BCUT2D eigenvalue weighted by Gasteiger charge is -2.44. The van der Waals surface area contributed by atoms with Crippen LogP contribution in [0.3, 0.4) is 0 Å². The zero-order chi connectivity index (χ0) is 24.6. The predicted molar refractivity (Wildman–Crippen MR) is 124 cm³/mol. The lowest BCUT2D eigenvalue weighted by atomic mass is 9.60.